The molecule has 0 saturated heterocycles. The van der Waals surface area contributed by atoms with Crippen LogP contribution in [0.25, 0.3) is 51.1 Å². The highest BCUT2D eigenvalue weighted by molar-refractivity contribution is 7.29. The van der Waals surface area contributed by atoms with Gasteiger partial charge in [-0.3, -0.25) is 0 Å². The third-order valence-electron chi connectivity index (χ3n) is 6.96. The Balaban J connectivity index is 0.000000151. The highest BCUT2D eigenvalue weighted by atomic mass is 32.1. The summed E-state index contributed by atoms with van der Waals surface area (Å²) in [5.74, 6) is 0. The summed E-state index contributed by atoms with van der Waals surface area (Å²) in [6, 6.07) is 47.7. The molecule has 0 saturated carbocycles. The van der Waals surface area contributed by atoms with Crippen molar-refractivity contribution in [3.8, 4) is 0 Å². The maximum absolute atomic E-state index is 2.29. The molecular formula is C35H24S2. The average Bonchev–Trinajstić information content (AvgIpc) is 3.53. The Morgan fingerprint density at radius 2 is 0.811 bits per heavy atom. The van der Waals surface area contributed by atoms with Gasteiger partial charge in [0.05, 0.1) is 0 Å². The lowest BCUT2D eigenvalue weighted by Gasteiger charge is -2.02. The molecule has 0 radical (unpaired) electrons. The predicted molar refractivity (Wildman–Crippen MR) is 165 cm³/mol. The van der Waals surface area contributed by atoms with E-state index >= 15 is 0 Å². The molecule has 176 valence electrons. The van der Waals surface area contributed by atoms with Gasteiger partial charge in [0.25, 0.3) is 0 Å². The van der Waals surface area contributed by atoms with Crippen molar-refractivity contribution in [2.24, 2.45) is 0 Å². The molecular weight excluding hydrogens is 485 g/mol. The summed E-state index contributed by atoms with van der Waals surface area (Å²) in [5.41, 5.74) is 2.74. The van der Waals surface area contributed by atoms with Crippen molar-refractivity contribution < 1.29 is 0 Å². The molecule has 2 aromatic heterocycles. The van der Waals surface area contributed by atoms with Gasteiger partial charge in [0.2, 0.25) is 0 Å². The molecule has 0 spiro atoms. The quantitative estimate of drug-likeness (QED) is 0.218. The molecule has 2 heteroatoms. The van der Waals surface area contributed by atoms with Crippen molar-refractivity contribution in [3.05, 3.63) is 145 Å². The maximum Gasteiger partial charge on any atom is 0.0448 e. The van der Waals surface area contributed by atoms with E-state index in [1.54, 1.807) is 0 Å². The molecule has 0 bridgehead atoms. The maximum atomic E-state index is 2.29. The van der Waals surface area contributed by atoms with Crippen molar-refractivity contribution >= 4 is 73.8 Å². The summed E-state index contributed by atoms with van der Waals surface area (Å²) >= 11 is 3.85. The molecule has 0 unspecified atom stereocenters. The number of hydrogen-bond acceptors (Lipinski definition) is 2. The lowest BCUT2D eigenvalue weighted by Crippen LogP contribution is -1.85. The van der Waals surface area contributed by atoms with Gasteiger partial charge < -0.3 is 0 Å². The minimum Gasteiger partial charge on any atom is -0.134 e. The number of hydrogen-bond donors (Lipinski definition) is 0. The zero-order valence-electron chi connectivity index (χ0n) is 20.2. The normalized spacial score (nSPS) is 11.4. The Morgan fingerprint density at radius 1 is 0.378 bits per heavy atom. The van der Waals surface area contributed by atoms with Gasteiger partial charge in [0.1, 0.15) is 0 Å². The van der Waals surface area contributed by atoms with Gasteiger partial charge >= 0.3 is 0 Å². The Kier molecular flexibility index (Phi) is 5.70. The van der Waals surface area contributed by atoms with Crippen LogP contribution >= 0.6 is 22.7 Å². The Bertz CT molecular complexity index is 1850. The molecule has 0 nitrogen and oxygen atoms in total. The minimum atomic E-state index is 1.03. The van der Waals surface area contributed by atoms with E-state index in [0.29, 0.717) is 0 Å². The van der Waals surface area contributed by atoms with Gasteiger partial charge in [-0.15, -0.1) is 22.7 Å². The van der Waals surface area contributed by atoms with Crippen LogP contribution in [0.5, 0.6) is 0 Å². The van der Waals surface area contributed by atoms with Crippen molar-refractivity contribution in [2.75, 3.05) is 0 Å². The summed E-state index contributed by atoms with van der Waals surface area (Å²) < 4.78 is 5.59. The Hall–Kier alpha value is -3.98. The average molecular weight is 509 g/mol. The lowest BCUT2D eigenvalue weighted by atomic mass is 10.0. The first kappa shape index (κ1) is 22.2. The third-order valence-corrected chi connectivity index (χ3v) is 9.37. The highest BCUT2D eigenvalue weighted by Crippen LogP contribution is 2.44. The molecule has 37 heavy (non-hydrogen) atoms. The van der Waals surface area contributed by atoms with E-state index in [9.17, 15) is 0 Å². The van der Waals surface area contributed by atoms with Crippen LogP contribution < -0.4 is 0 Å². The Labute approximate surface area is 224 Å². The standard InChI is InChI=1S/C22H12S2.C13H12/c1-3-7-18-14(5-1)16-11-9-13-10-12-17-15-6-2-4-8-19(15)24-22(17)20(13)21(16)23-18;1-3-7-12(8-4-1)11-13-9-5-2-6-10-13/h1-12H;1-10H,11H2. The molecule has 0 aliphatic heterocycles. The van der Waals surface area contributed by atoms with Crippen LogP contribution in [0.3, 0.4) is 0 Å². The van der Waals surface area contributed by atoms with E-state index in [1.165, 1.54) is 62.2 Å². The van der Waals surface area contributed by atoms with E-state index in [1.807, 2.05) is 22.7 Å². The van der Waals surface area contributed by atoms with E-state index < -0.39 is 0 Å². The van der Waals surface area contributed by atoms with Gasteiger partial charge in [-0.05, 0) is 35.1 Å². The van der Waals surface area contributed by atoms with E-state index in [-0.39, 0.29) is 0 Å². The number of rotatable bonds is 2. The van der Waals surface area contributed by atoms with Crippen LogP contribution in [0.1, 0.15) is 11.1 Å². The first-order valence-corrected chi connectivity index (χ1v) is 14.2. The molecule has 0 aliphatic carbocycles. The van der Waals surface area contributed by atoms with Crippen LogP contribution in [0.15, 0.2) is 133 Å². The molecule has 0 atom stereocenters. The van der Waals surface area contributed by atoms with Crippen molar-refractivity contribution in [1.29, 1.82) is 0 Å². The molecule has 8 rings (SSSR count). The van der Waals surface area contributed by atoms with E-state index in [0.717, 1.165) is 6.42 Å². The molecule has 0 N–H and O–H groups in total. The largest absolute Gasteiger partial charge is 0.134 e. The van der Waals surface area contributed by atoms with Crippen LogP contribution in [-0.2, 0) is 6.42 Å². The summed E-state index contributed by atoms with van der Waals surface area (Å²) in [4.78, 5) is 0. The second-order valence-electron chi connectivity index (χ2n) is 9.33. The zero-order chi connectivity index (χ0) is 24.6. The fourth-order valence-electron chi connectivity index (χ4n) is 5.19. The lowest BCUT2D eigenvalue weighted by molar-refractivity contribution is 1.19. The van der Waals surface area contributed by atoms with Crippen LogP contribution in [0, 0.1) is 0 Å². The topological polar surface area (TPSA) is 0 Å². The molecule has 0 aliphatic rings. The van der Waals surface area contributed by atoms with Crippen LogP contribution in [0.4, 0.5) is 0 Å². The molecule has 8 aromatic rings. The molecule has 0 amide bonds. The highest BCUT2D eigenvalue weighted by Gasteiger charge is 2.13. The van der Waals surface area contributed by atoms with Crippen molar-refractivity contribution in [3.63, 3.8) is 0 Å². The van der Waals surface area contributed by atoms with E-state index in [4.69, 9.17) is 0 Å². The third kappa shape index (κ3) is 4.09. The van der Waals surface area contributed by atoms with Gasteiger partial charge in [0, 0.05) is 45.7 Å². The summed E-state index contributed by atoms with van der Waals surface area (Å²) in [7, 11) is 0. The number of fused-ring (bicyclic) bond motifs is 9. The van der Waals surface area contributed by atoms with Gasteiger partial charge in [0.15, 0.2) is 0 Å². The van der Waals surface area contributed by atoms with E-state index in [2.05, 4.69) is 133 Å². The second-order valence-corrected chi connectivity index (χ2v) is 11.4. The minimum absolute atomic E-state index is 1.03. The number of benzene rings is 6. The number of thiophene rings is 2. The molecule has 2 heterocycles. The first-order chi connectivity index (χ1) is 18.3. The fourth-order valence-corrected chi connectivity index (χ4v) is 7.79. The van der Waals surface area contributed by atoms with Gasteiger partial charge in [-0.2, -0.15) is 0 Å². The van der Waals surface area contributed by atoms with Crippen molar-refractivity contribution in [1.82, 2.24) is 0 Å². The first-order valence-electron chi connectivity index (χ1n) is 12.6. The summed E-state index contributed by atoms with van der Waals surface area (Å²) in [6.07, 6.45) is 1.03. The van der Waals surface area contributed by atoms with Gasteiger partial charge in [-0.25, -0.2) is 0 Å². The summed E-state index contributed by atoms with van der Waals surface area (Å²) in [6.45, 7) is 0. The Morgan fingerprint density at radius 3 is 1.30 bits per heavy atom. The molecule has 0 fully saturated rings. The molecule has 6 aromatic carbocycles. The smallest absolute Gasteiger partial charge is 0.0448 e. The monoisotopic (exact) mass is 508 g/mol. The van der Waals surface area contributed by atoms with Crippen molar-refractivity contribution in [2.45, 2.75) is 6.42 Å². The fraction of sp³-hybridized carbons (Fsp3) is 0.0286. The summed E-state index contributed by atoms with van der Waals surface area (Å²) in [5, 5.41) is 8.27. The SMILES string of the molecule is c1ccc(Cc2ccccc2)cc1.c1ccc2c(c1)sc1c2ccc2ccc3c4ccccc4sc3c21. The zero-order valence-corrected chi connectivity index (χ0v) is 21.9. The van der Waals surface area contributed by atoms with Crippen LogP contribution in [0.2, 0.25) is 0 Å². The second kappa shape index (κ2) is 9.48. The van der Waals surface area contributed by atoms with Crippen LogP contribution in [-0.4, -0.2) is 0 Å². The van der Waals surface area contributed by atoms with Gasteiger partial charge in [-0.1, -0.05) is 121 Å². The predicted octanol–water partition coefficient (Wildman–Crippen LogP) is 10.9.